The molecule has 1 fully saturated rings. The minimum absolute atomic E-state index is 0.0328. The number of carbonyl (C=O) groups excluding carboxylic acids is 2. The molecule has 2 aliphatic rings. The zero-order valence-electron chi connectivity index (χ0n) is 22.9. The van der Waals surface area contributed by atoms with Gasteiger partial charge in [0, 0.05) is 57.9 Å². The molecule has 0 saturated carbocycles. The highest BCUT2D eigenvalue weighted by Gasteiger charge is 2.24. The lowest BCUT2D eigenvalue weighted by molar-refractivity contribution is -0.133. The highest BCUT2D eigenvalue weighted by atomic mass is 16.2. The van der Waals surface area contributed by atoms with Gasteiger partial charge >= 0.3 is 5.69 Å². The van der Waals surface area contributed by atoms with E-state index in [9.17, 15) is 19.2 Å². The Morgan fingerprint density at radius 2 is 1.34 bits per heavy atom. The Labute approximate surface area is 237 Å². The Hall–Kier alpha value is -4.66. The Kier molecular flexibility index (Phi) is 7.41. The molecule has 9 nitrogen and oxygen atoms in total. The molecule has 210 valence electrons. The van der Waals surface area contributed by atoms with Crippen LogP contribution < -0.4 is 16.1 Å². The van der Waals surface area contributed by atoms with E-state index in [2.05, 4.69) is 23.1 Å². The molecule has 4 aromatic rings. The van der Waals surface area contributed by atoms with E-state index in [0.717, 1.165) is 22.2 Å². The Morgan fingerprint density at radius 3 is 2.12 bits per heavy atom. The van der Waals surface area contributed by atoms with Crippen LogP contribution in [0.1, 0.15) is 17.5 Å². The average Bonchev–Trinajstić information content (AvgIpc) is 3.03. The molecule has 0 spiro atoms. The summed E-state index contributed by atoms with van der Waals surface area (Å²) in [5.41, 5.74) is 2.91. The smallest absolute Gasteiger partial charge is 0.331 e. The Balaban J connectivity index is 1.18. The van der Waals surface area contributed by atoms with Crippen molar-refractivity contribution < 1.29 is 9.59 Å². The molecule has 2 amide bonds. The summed E-state index contributed by atoms with van der Waals surface area (Å²) in [4.78, 5) is 59.2. The van der Waals surface area contributed by atoms with Crippen LogP contribution in [0.15, 0.2) is 88.5 Å². The van der Waals surface area contributed by atoms with Gasteiger partial charge in [-0.1, -0.05) is 54.6 Å². The number of aromatic nitrogens is 2. The van der Waals surface area contributed by atoms with Gasteiger partial charge < -0.3 is 14.7 Å². The fraction of sp³-hybridized carbons (Fsp3) is 0.312. The predicted molar refractivity (Wildman–Crippen MR) is 158 cm³/mol. The molecule has 0 aliphatic carbocycles. The van der Waals surface area contributed by atoms with Crippen molar-refractivity contribution in [3.8, 4) is 0 Å². The van der Waals surface area contributed by atoms with E-state index >= 15 is 0 Å². The van der Waals surface area contributed by atoms with Crippen molar-refractivity contribution in [3.05, 3.63) is 111 Å². The maximum Gasteiger partial charge on any atom is 0.331 e. The number of amides is 2. The standard InChI is InChI=1S/C32H33N5O4/c38-29(35-16-14-24-8-4-5-9-25(24)22-35)15-17-36-31(40)27-12-6-7-13-28(27)37(32(36)41)23-30(39)34-20-18-33(19-21-34)26-10-2-1-3-11-26/h1-13H,14-23H2. The fourth-order valence-corrected chi connectivity index (χ4v) is 5.88. The minimum Gasteiger partial charge on any atom is -0.368 e. The van der Waals surface area contributed by atoms with E-state index in [0.29, 0.717) is 50.2 Å². The lowest BCUT2D eigenvalue weighted by atomic mass is 10.00. The van der Waals surface area contributed by atoms with Crippen LogP contribution in [0.5, 0.6) is 0 Å². The summed E-state index contributed by atoms with van der Waals surface area (Å²) in [6.45, 7) is 3.44. The first-order chi connectivity index (χ1) is 20.0. The fourth-order valence-electron chi connectivity index (χ4n) is 5.88. The molecule has 9 heteroatoms. The van der Waals surface area contributed by atoms with Crippen molar-refractivity contribution in [2.24, 2.45) is 0 Å². The van der Waals surface area contributed by atoms with E-state index in [1.807, 2.05) is 36.4 Å². The lowest BCUT2D eigenvalue weighted by Gasteiger charge is -2.36. The molecule has 2 aliphatic heterocycles. The van der Waals surface area contributed by atoms with Crippen molar-refractivity contribution >= 4 is 28.4 Å². The second-order valence-corrected chi connectivity index (χ2v) is 10.6. The van der Waals surface area contributed by atoms with Crippen molar-refractivity contribution in [2.45, 2.75) is 32.5 Å². The number of nitrogens with zero attached hydrogens (tertiary/aromatic N) is 5. The Morgan fingerprint density at radius 1 is 0.659 bits per heavy atom. The second kappa shape index (κ2) is 11.4. The summed E-state index contributed by atoms with van der Waals surface area (Å²) in [5, 5.41) is 0.355. The molecule has 3 heterocycles. The summed E-state index contributed by atoms with van der Waals surface area (Å²) >= 11 is 0. The number of benzene rings is 3. The molecule has 0 atom stereocenters. The van der Waals surface area contributed by atoms with Gasteiger partial charge in [-0.05, 0) is 41.8 Å². The summed E-state index contributed by atoms with van der Waals surface area (Å²) in [5.74, 6) is -0.268. The topological polar surface area (TPSA) is 87.9 Å². The number of rotatable bonds is 6. The van der Waals surface area contributed by atoms with Crippen LogP contribution in [0, 0.1) is 0 Å². The van der Waals surface area contributed by atoms with Crippen LogP contribution in [0.25, 0.3) is 10.9 Å². The van der Waals surface area contributed by atoms with Crippen LogP contribution >= 0.6 is 0 Å². The van der Waals surface area contributed by atoms with Gasteiger partial charge in [0.2, 0.25) is 11.8 Å². The van der Waals surface area contributed by atoms with Gasteiger partial charge in [-0.15, -0.1) is 0 Å². The van der Waals surface area contributed by atoms with Gasteiger partial charge in [0.1, 0.15) is 6.54 Å². The summed E-state index contributed by atoms with van der Waals surface area (Å²) in [6.07, 6.45) is 0.817. The lowest BCUT2D eigenvalue weighted by Crippen LogP contribution is -2.51. The van der Waals surface area contributed by atoms with E-state index in [1.54, 1.807) is 34.1 Å². The van der Waals surface area contributed by atoms with Gasteiger partial charge in [-0.25, -0.2) is 4.79 Å². The van der Waals surface area contributed by atoms with Gasteiger partial charge in [0.15, 0.2) is 0 Å². The largest absolute Gasteiger partial charge is 0.368 e. The molecule has 0 N–H and O–H groups in total. The normalized spacial score (nSPS) is 15.2. The predicted octanol–water partition coefficient (Wildman–Crippen LogP) is 2.49. The molecule has 6 rings (SSSR count). The van der Waals surface area contributed by atoms with Crippen molar-refractivity contribution in [1.82, 2.24) is 18.9 Å². The number of carbonyl (C=O) groups is 2. The first kappa shape index (κ1) is 26.6. The molecular weight excluding hydrogens is 518 g/mol. The number of para-hydroxylation sites is 2. The van der Waals surface area contributed by atoms with Crippen LogP contribution in [0.3, 0.4) is 0 Å². The van der Waals surface area contributed by atoms with E-state index in [4.69, 9.17) is 0 Å². The molecule has 0 bridgehead atoms. The molecule has 0 radical (unpaired) electrons. The van der Waals surface area contributed by atoms with Crippen LogP contribution in [-0.2, 0) is 35.6 Å². The van der Waals surface area contributed by atoms with E-state index in [1.165, 1.54) is 10.1 Å². The van der Waals surface area contributed by atoms with Gasteiger partial charge in [0.25, 0.3) is 5.56 Å². The van der Waals surface area contributed by atoms with Crippen molar-refractivity contribution in [2.75, 3.05) is 37.6 Å². The molecule has 1 aromatic heterocycles. The van der Waals surface area contributed by atoms with E-state index < -0.39 is 11.2 Å². The third kappa shape index (κ3) is 5.39. The van der Waals surface area contributed by atoms with E-state index in [-0.39, 0.29) is 31.3 Å². The minimum atomic E-state index is -0.568. The zero-order chi connectivity index (χ0) is 28.3. The number of hydrogen-bond acceptors (Lipinski definition) is 5. The quantitative estimate of drug-likeness (QED) is 0.368. The Bertz CT molecular complexity index is 1700. The van der Waals surface area contributed by atoms with Gasteiger partial charge in [-0.3, -0.25) is 23.5 Å². The second-order valence-electron chi connectivity index (χ2n) is 10.6. The third-order valence-electron chi connectivity index (χ3n) is 8.21. The monoisotopic (exact) mass is 551 g/mol. The third-order valence-corrected chi connectivity index (χ3v) is 8.21. The van der Waals surface area contributed by atoms with Crippen molar-refractivity contribution in [3.63, 3.8) is 0 Å². The maximum absolute atomic E-state index is 13.6. The summed E-state index contributed by atoms with van der Waals surface area (Å²) < 4.78 is 2.49. The zero-order valence-corrected chi connectivity index (χ0v) is 22.9. The molecule has 1 saturated heterocycles. The number of fused-ring (bicyclic) bond motifs is 2. The molecular formula is C32H33N5O4. The molecule has 3 aromatic carbocycles. The highest BCUT2D eigenvalue weighted by Crippen LogP contribution is 2.19. The maximum atomic E-state index is 13.6. The SMILES string of the molecule is O=C(Cn1c(=O)n(CCC(=O)N2CCc3ccccc3C2)c(=O)c2ccccc21)N1CCN(c2ccccc2)CC1. The number of anilines is 1. The first-order valence-electron chi connectivity index (χ1n) is 14.1. The van der Waals surface area contributed by atoms with Crippen LogP contribution in [0.2, 0.25) is 0 Å². The van der Waals surface area contributed by atoms with Crippen LogP contribution in [-0.4, -0.2) is 63.5 Å². The summed E-state index contributed by atoms with van der Waals surface area (Å²) in [6, 6.07) is 25.0. The average molecular weight is 552 g/mol. The summed E-state index contributed by atoms with van der Waals surface area (Å²) in [7, 11) is 0. The van der Waals surface area contributed by atoms with Gasteiger partial charge in [-0.2, -0.15) is 0 Å². The first-order valence-corrected chi connectivity index (χ1v) is 14.1. The number of piperazine rings is 1. The number of hydrogen-bond donors (Lipinski definition) is 0. The molecule has 0 unspecified atom stereocenters. The van der Waals surface area contributed by atoms with Gasteiger partial charge in [0.05, 0.1) is 10.9 Å². The molecule has 41 heavy (non-hydrogen) atoms. The van der Waals surface area contributed by atoms with Crippen LogP contribution in [0.4, 0.5) is 5.69 Å². The van der Waals surface area contributed by atoms with Crippen molar-refractivity contribution in [1.29, 1.82) is 0 Å². The highest BCUT2D eigenvalue weighted by molar-refractivity contribution is 5.82.